The molecule has 0 saturated carbocycles. The van der Waals surface area contributed by atoms with Gasteiger partial charge in [-0.25, -0.2) is 0 Å². The number of benzene rings is 4. The Morgan fingerprint density at radius 3 is 2.15 bits per heavy atom. The van der Waals surface area contributed by atoms with E-state index in [4.69, 9.17) is 23.1 Å². The van der Waals surface area contributed by atoms with E-state index in [1.165, 1.54) is 66.6 Å². The van der Waals surface area contributed by atoms with Crippen molar-refractivity contribution >= 4 is 50.2 Å². The Hall–Kier alpha value is -3.96. The van der Waals surface area contributed by atoms with Crippen LogP contribution in [0, 0.1) is 0 Å². The second-order valence-electron chi connectivity index (χ2n) is 14.1. The summed E-state index contributed by atoms with van der Waals surface area (Å²) in [5, 5.41) is 6.03. The number of anilines is 1. The van der Waals surface area contributed by atoms with Gasteiger partial charge in [0.25, 0.3) is 0 Å². The molecule has 0 fully saturated rings. The molecule has 4 nitrogen and oxygen atoms in total. The smallest absolute Gasteiger partial charge is 0.210 e. The maximum Gasteiger partial charge on any atom is 0.210 e. The van der Waals surface area contributed by atoms with Gasteiger partial charge in [-0.15, -0.1) is 0 Å². The van der Waals surface area contributed by atoms with E-state index in [9.17, 15) is 0 Å². The molecule has 47 heavy (non-hydrogen) atoms. The Labute approximate surface area is 284 Å². The van der Waals surface area contributed by atoms with Gasteiger partial charge in [0.1, 0.15) is 0 Å². The molecule has 0 aromatic heterocycles. The highest BCUT2D eigenvalue weighted by atomic mass is 35.5. The van der Waals surface area contributed by atoms with Gasteiger partial charge in [0, 0.05) is 52.6 Å². The number of allylic oxidation sites excluding steroid dienone is 8. The van der Waals surface area contributed by atoms with E-state index >= 15 is 0 Å². The predicted octanol–water partition coefficient (Wildman–Crippen LogP) is 9.13. The third kappa shape index (κ3) is 5.18. The van der Waals surface area contributed by atoms with Gasteiger partial charge >= 0.3 is 0 Å². The van der Waals surface area contributed by atoms with E-state index in [-0.39, 0.29) is 10.8 Å². The number of halogens is 1. The SMILES string of the molecule is CC1(C)C(/C=C/C2=C(Cl)C(=C/C=C3\N(CCN)c4ccc5ccccc5c4C3(C)C)/CCC2)=[N+](CCN)c2ccc3ccccc3c21. The summed E-state index contributed by atoms with van der Waals surface area (Å²) in [5.41, 5.74) is 22.1. The third-order valence-corrected chi connectivity index (χ3v) is 11.0. The van der Waals surface area contributed by atoms with Crippen LogP contribution in [0.5, 0.6) is 0 Å². The predicted molar refractivity (Wildman–Crippen MR) is 201 cm³/mol. The molecule has 0 amide bonds. The lowest BCUT2D eigenvalue weighted by Crippen LogP contribution is -2.30. The molecule has 240 valence electrons. The molecule has 4 N–H and O–H groups in total. The van der Waals surface area contributed by atoms with Crippen LogP contribution < -0.4 is 16.4 Å². The molecule has 1 aliphatic carbocycles. The first-order valence-corrected chi connectivity index (χ1v) is 17.4. The molecule has 5 heteroatoms. The molecule has 0 radical (unpaired) electrons. The molecule has 0 spiro atoms. The van der Waals surface area contributed by atoms with Gasteiger partial charge < -0.3 is 16.4 Å². The summed E-state index contributed by atoms with van der Waals surface area (Å²) < 4.78 is 2.41. The van der Waals surface area contributed by atoms with Crippen molar-refractivity contribution in [2.75, 3.05) is 31.1 Å². The van der Waals surface area contributed by atoms with Gasteiger partial charge in [-0.1, -0.05) is 92.2 Å². The van der Waals surface area contributed by atoms with Crippen LogP contribution in [0.25, 0.3) is 21.5 Å². The van der Waals surface area contributed by atoms with Crippen LogP contribution in [-0.4, -0.2) is 36.5 Å². The lowest BCUT2D eigenvalue weighted by atomic mass is 9.78. The van der Waals surface area contributed by atoms with Crippen molar-refractivity contribution in [3.05, 3.63) is 130 Å². The maximum absolute atomic E-state index is 7.25. The normalized spacial score (nSPS) is 20.4. The molecule has 4 aromatic carbocycles. The molecule has 0 bridgehead atoms. The van der Waals surface area contributed by atoms with Crippen molar-refractivity contribution in [3.8, 4) is 0 Å². The summed E-state index contributed by atoms with van der Waals surface area (Å²) in [5.74, 6) is 0. The standard InChI is InChI=1S/C42H46ClN4/c1-41(2)36(46(26-24-44)34-20-16-28-10-5-7-14-32(28)38(34)41)22-18-30-12-9-13-31(40(30)43)19-23-37-42(3,4)39-33-15-8-6-11-29(33)17-21-35(39)47(37)27-25-45/h5-8,10-11,14-23H,9,12-13,24-27,44-45H2,1-4H3/q+1. The number of fused-ring (bicyclic) bond motifs is 6. The van der Waals surface area contributed by atoms with Crippen molar-refractivity contribution < 1.29 is 4.58 Å². The minimum Gasteiger partial charge on any atom is -0.343 e. The van der Waals surface area contributed by atoms with Crippen molar-refractivity contribution in [1.82, 2.24) is 0 Å². The van der Waals surface area contributed by atoms with Gasteiger partial charge in [0.05, 0.1) is 12.0 Å². The van der Waals surface area contributed by atoms with Gasteiger partial charge in [0.2, 0.25) is 5.69 Å². The van der Waals surface area contributed by atoms with Gasteiger partial charge in [-0.2, -0.15) is 4.58 Å². The first-order chi connectivity index (χ1) is 22.7. The summed E-state index contributed by atoms with van der Waals surface area (Å²) in [6.07, 6.45) is 12.1. The number of nitrogens with zero attached hydrogens (tertiary/aromatic N) is 2. The van der Waals surface area contributed by atoms with Gasteiger partial charge in [-0.05, 0) is 89.6 Å². The largest absolute Gasteiger partial charge is 0.343 e. The zero-order chi connectivity index (χ0) is 32.9. The second kappa shape index (κ2) is 12.2. The Bertz CT molecular complexity index is 2060. The van der Waals surface area contributed by atoms with Crippen LogP contribution in [0.4, 0.5) is 11.4 Å². The minimum atomic E-state index is -0.174. The first-order valence-electron chi connectivity index (χ1n) is 17.0. The Morgan fingerprint density at radius 2 is 1.45 bits per heavy atom. The van der Waals surface area contributed by atoms with E-state index in [2.05, 4.69) is 134 Å². The number of rotatable bonds is 7. The fraction of sp³-hybridized carbons (Fsp3) is 0.310. The fourth-order valence-corrected chi connectivity index (χ4v) is 8.69. The summed E-state index contributed by atoms with van der Waals surface area (Å²) in [6.45, 7) is 12.0. The topological polar surface area (TPSA) is 58.3 Å². The monoisotopic (exact) mass is 641 g/mol. The lowest BCUT2D eigenvalue weighted by molar-refractivity contribution is -0.434. The second-order valence-corrected chi connectivity index (χ2v) is 14.5. The van der Waals surface area contributed by atoms with E-state index in [1.807, 2.05) is 0 Å². The molecular weight excluding hydrogens is 596 g/mol. The van der Waals surface area contributed by atoms with Crippen LogP contribution in [0.2, 0.25) is 0 Å². The van der Waals surface area contributed by atoms with Crippen LogP contribution in [0.1, 0.15) is 58.1 Å². The molecule has 0 saturated heterocycles. The average Bonchev–Trinajstić information content (AvgIpc) is 3.42. The minimum absolute atomic E-state index is 0.174. The summed E-state index contributed by atoms with van der Waals surface area (Å²) in [7, 11) is 0. The Morgan fingerprint density at radius 1 is 0.766 bits per heavy atom. The number of hydrogen-bond donors (Lipinski definition) is 2. The number of nitrogens with two attached hydrogens (primary N) is 2. The molecule has 2 aliphatic heterocycles. The van der Waals surface area contributed by atoms with Crippen LogP contribution in [0.3, 0.4) is 0 Å². The zero-order valence-electron chi connectivity index (χ0n) is 28.1. The maximum atomic E-state index is 7.25. The average molecular weight is 642 g/mol. The van der Waals surface area contributed by atoms with Crippen LogP contribution in [-0.2, 0) is 10.8 Å². The van der Waals surface area contributed by atoms with E-state index < -0.39 is 0 Å². The zero-order valence-corrected chi connectivity index (χ0v) is 28.9. The molecule has 7 rings (SSSR count). The fourth-order valence-electron chi connectivity index (χ4n) is 8.38. The van der Waals surface area contributed by atoms with E-state index in [1.54, 1.807) is 0 Å². The summed E-state index contributed by atoms with van der Waals surface area (Å²) in [4.78, 5) is 2.41. The molecular formula is C42H46ClN4+. The molecule has 3 aliphatic rings. The van der Waals surface area contributed by atoms with Crippen molar-refractivity contribution in [1.29, 1.82) is 0 Å². The van der Waals surface area contributed by atoms with E-state index in [0.29, 0.717) is 13.1 Å². The Kier molecular flexibility index (Phi) is 8.24. The molecule has 0 atom stereocenters. The quantitative estimate of drug-likeness (QED) is 0.198. The van der Waals surface area contributed by atoms with Gasteiger partial charge in [0.15, 0.2) is 12.3 Å². The summed E-state index contributed by atoms with van der Waals surface area (Å²) in [6, 6.07) is 26.4. The molecule has 0 unspecified atom stereocenters. The van der Waals surface area contributed by atoms with Crippen LogP contribution in [0.15, 0.2) is 119 Å². The van der Waals surface area contributed by atoms with Crippen molar-refractivity contribution in [3.63, 3.8) is 0 Å². The third-order valence-electron chi connectivity index (χ3n) is 10.6. The molecule has 4 aromatic rings. The number of hydrogen-bond acceptors (Lipinski definition) is 3. The first kappa shape index (κ1) is 31.6. The van der Waals surface area contributed by atoms with E-state index in [0.717, 1.165) is 37.4 Å². The lowest BCUT2D eigenvalue weighted by Gasteiger charge is -2.27. The van der Waals surface area contributed by atoms with Crippen molar-refractivity contribution in [2.45, 2.75) is 57.8 Å². The highest BCUT2D eigenvalue weighted by molar-refractivity contribution is 6.32. The highest BCUT2D eigenvalue weighted by Crippen LogP contribution is 2.51. The van der Waals surface area contributed by atoms with Crippen LogP contribution >= 0.6 is 11.6 Å². The Balaban J connectivity index is 1.26. The van der Waals surface area contributed by atoms with Gasteiger partial charge in [-0.3, -0.25) is 0 Å². The highest BCUT2D eigenvalue weighted by Gasteiger charge is 2.45. The summed E-state index contributed by atoms with van der Waals surface area (Å²) >= 11 is 7.25. The molecule has 2 heterocycles. The van der Waals surface area contributed by atoms with Crippen molar-refractivity contribution in [2.24, 2.45) is 11.5 Å².